The van der Waals surface area contributed by atoms with Crippen molar-refractivity contribution in [1.29, 1.82) is 0 Å². The molecule has 1 aromatic rings. The number of hydrogen-bond acceptors (Lipinski definition) is 7. The van der Waals surface area contributed by atoms with Crippen molar-refractivity contribution in [3.05, 3.63) is 35.9 Å². The van der Waals surface area contributed by atoms with Crippen molar-refractivity contribution >= 4 is 5.91 Å². The molecule has 1 aliphatic rings. The highest BCUT2D eigenvalue weighted by Gasteiger charge is 2.44. The van der Waals surface area contributed by atoms with Crippen LogP contribution < -0.4 is 5.32 Å². The quantitative estimate of drug-likeness (QED) is 0.413. The summed E-state index contributed by atoms with van der Waals surface area (Å²) in [5, 5.41) is 40.7. The van der Waals surface area contributed by atoms with Gasteiger partial charge in [-0.2, -0.15) is 0 Å². The van der Waals surface area contributed by atoms with Crippen LogP contribution in [0.15, 0.2) is 30.3 Å². The smallest absolute Gasteiger partial charge is 0.246 e. The zero-order valence-electron chi connectivity index (χ0n) is 12.4. The van der Waals surface area contributed by atoms with Crippen molar-refractivity contribution in [3.63, 3.8) is 0 Å². The number of hydrogen-bond donors (Lipinski definition) is 5. The predicted octanol–water partition coefficient (Wildman–Crippen LogP) is -1.88. The monoisotopic (exact) mass is 327 g/mol. The molecule has 1 aromatic carbocycles. The lowest BCUT2D eigenvalue weighted by Gasteiger charge is -2.40. The van der Waals surface area contributed by atoms with Crippen LogP contribution in [0, 0.1) is 0 Å². The molecule has 0 radical (unpaired) electrons. The topological polar surface area (TPSA) is 128 Å². The van der Waals surface area contributed by atoms with Gasteiger partial charge in [-0.25, -0.2) is 0 Å². The molecule has 1 heterocycles. The van der Waals surface area contributed by atoms with E-state index in [9.17, 15) is 20.1 Å². The third-order valence-electron chi connectivity index (χ3n) is 3.57. The van der Waals surface area contributed by atoms with E-state index in [0.29, 0.717) is 0 Å². The summed E-state index contributed by atoms with van der Waals surface area (Å²) in [6, 6.07) is 8.07. The Labute approximate surface area is 133 Å². The summed E-state index contributed by atoms with van der Waals surface area (Å²) in [5.41, 5.74) is 0.905. The van der Waals surface area contributed by atoms with Gasteiger partial charge in [0, 0.05) is 0 Å². The number of amides is 1. The lowest BCUT2D eigenvalue weighted by molar-refractivity contribution is -0.254. The average Bonchev–Trinajstić information content (AvgIpc) is 2.56. The molecule has 0 aliphatic carbocycles. The molecule has 23 heavy (non-hydrogen) atoms. The van der Waals surface area contributed by atoms with Crippen molar-refractivity contribution in [1.82, 2.24) is 5.32 Å². The average molecular weight is 327 g/mol. The van der Waals surface area contributed by atoms with E-state index in [1.54, 1.807) is 0 Å². The molecule has 0 bridgehead atoms. The summed E-state index contributed by atoms with van der Waals surface area (Å²) in [4.78, 5) is 11.8. The Morgan fingerprint density at radius 2 is 1.87 bits per heavy atom. The molecule has 8 heteroatoms. The highest BCUT2D eigenvalue weighted by molar-refractivity contribution is 5.77. The van der Waals surface area contributed by atoms with E-state index < -0.39 is 43.2 Å². The molecule has 5 N–H and O–H groups in total. The third-order valence-corrected chi connectivity index (χ3v) is 3.57. The fourth-order valence-corrected chi connectivity index (χ4v) is 2.32. The van der Waals surface area contributed by atoms with Crippen LogP contribution in [0.4, 0.5) is 0 Å². The molecular weight excluding hydrogens is 306 g/mol. The summed E-state index contributed by atoms with van der Waals surface area (Å²) < 4.78 is 10.2. The maximum absolute atomic E-state index is 11.8. The Bertz CT molecular complexity index is 498. The third kappa shape index (κ3) is 4.71. The van der Waals surface area contributed by atoms with E-state index in [0.717, 1.165) is 5.56 Å². The first-order chi connectivity index (χ1) is 11.0. The molecule has 0 aromatic heterocycles. The number of aliphatic hydroxyl groups is 4. The van der Waals surface area contributed by atoms with Crippen LogP contribution in [-0.2, 0) is 20.9 Å². The number of rotatable bonds is 6. The van der Waals surface area contributed by atoms with E-state index in [-0.39, 0.29) is 13.2 Å². The summed E-state index contributed by atoms with van der Waals surface area (Å²) in [5.74, 6) is -0.567. The first-order valence-corrected chi connectivity index (χ1v) is 7.24. The SMILES string of the molecule is O=C(COCc1ccccc1)N[C@@H]1C(O)[C@H](O)C(CO)O[C@H]1O. The first kappa shape index (κ1) is 17.8. The molecule has 1 fully saturated rings. The van der Waals surface area contributed by atoms with Crippen LogP contribution in [0.1, 0.15) is 5.56 Å². The maximum atomic E-state index is 11.8. The minimum absolute atomic E-state index is 0.246. The lowest BCUT2D eigenvalue weighted by atomic mass is 9.97. The molecule has 2 unspecified atom stereocenters. The molecule has 1 aliphatic heterocycles. The number of ether oxygens (including phenoxy) is 2. The predicted molar refractivity (Wildman–Crippen MR) is 78.0 cm³/mol. The number of benzene rings is 1. The highest BCUT2D eigenvalue weighted by atomic mass is 16.6. The zero-order chi connectivity index (χ0) is 16.8. The van der Waals surface area contributed by atoms with Crippen molar-refractivity contribution in [2.24, 2.45) is 0 Å². The van der Waals surface area contributed by atoms with Crippen molar-refractivity contribution in [2.75, 3.05) is 13.2 Å². The van der Waals surface area contributed by atoms with Gasteiger partial charge in [0.1, 0.15) is 31.0 Å². The van der Waals surface area contributed by atoms with E-state index >= 15 is 0 Å². The standard InChI is InChI=1S/C15H21NO7/c17-6-10-13(19)14(20)12(15(21)23-10)16-11(18)8-22-7-9-4-2-1-3-5-9/h1-5,10,12-15,17,19-21H,6-8H2,(H,16,18)/t10?,12-,13-,14?,15-/m1/s1. The van der Waals surface area contributed by atoms with Gasteiger partial charge in [0.05, 0.1) is 13.2 Å². The lowest BCUT2D eigenvalue weighted by Crippen LogP contribution is -2.64. The minimum atomic E-state index is -1.54. The number of nitrogens with one attached hydrogen (secondary N) is 1. The molecule has 8 nitrogen and oxygen atoms in total. The van der Waals surface area contributed by atoms with Crippen LogP contribution in [0.3, 0.4) is 0 Å². The van der Waals surface area contributed by atoms with Crippen LogP contribution in [0.25, 0.3) is 0 Å². The van der Waals surface area contributed by atoms with Gasteiger partial charge in [-0.05, 0) is 5.56 Å². The fraction of sp³-hybridized carbons (Fsp3) is 0.533. The van der Waals surface area contributed by atoms with Gasteiger partial charge in [0.25, 0.3) is 0 Å². The Balaban J connectivity index is 1.80. The van der Waals surface area contributed by atoms with Crippen LogP contribution >= 0.6 is 0 Å². The first-order valence-electron chi connectivity index (χ1n) is 7.24. The van der Waals surface area contributed by atoms with Gasteiger partial charge in [-0.15, -0.1) is 0 Å². The summed E-state index contributed by atoms with van der Waals surface area (Å²) in [7, 11) is 0. The van der Waals surface area contributed by atoms with Crippen molar-refractivity contribution < 1.29 is 34.7 Å². The molecule has 0 saturated carbocycles. The summed E-state index contributed by atoms with van der Waals surface area (Å²) in [6.07, 6.45) is -5.53. The largest absolute Gasteiger partial charge is 0.394 e. The normalized spacial score (nSPS) is 30.9. The van der Waals surface area contributed by atoms with E-state index in [1.165, 1.54) is 0 Å². The zero-order valence-corrected chi connectivity index (χ0v) is 12.4. The highest BCUT2D eigenvalue weighted by Crippen LogP contribution is 2.19. The van der Waals surface area contributed by atoms with Crippen LogP contribution in [0.5, 0.6) is 0 Å². The number of carbonyl (C=O) groups is 1. The molecule has 5 atom stereocenters. The van der Waals surface area contributed by atoms with Gasteiger partial charge in [0.2, 0.25) is 5.91 Å². The molecule has 1 amide bonds. The second-order valence-electron chi connectivity index (χ2n) is 5.30. The molecular formula is C15H21NO7. The molecule has 1 saturated heterocycles. The summed E-state index contributed by atoms with van der Waals surface area (Å²) >= 11 is 0. The van der Waals surface area contributed by atoms with Gasteiger partial charge in [-0.1, -0.05) is 30.3 Å². The number of carbonyl (C=O) groups excluding carboxylic acids is 1. The van der Waals surface area contributed by atoms with Crippen LogP contribution in [0.2, 0.25) is 0 Å². The van der Waals surface area contributed by atoms with Gasteiger partial charge in [-0.3, -0.25) is 4.79 Å². The van der Waals surface area contributed by atoms with E-state index in [4.69, 9.17) is 14.6 Å². The Morgan fingerprint density at radius 1 is 1.17 bits per heavy atom. The minimum Gasteiger partial charge on any atom is -0.394 e. The second-order valence-corrected chi connectivity index (χ2v) is 5.30. The van der Waals surface area contributed by atoms with Gasteiger partial charge >= 0.3 is 0 Å². The summed E-state index contributed by atoms with van der Waals surface area (Å²) in [6.45, 7) is -0.587. The number of aliphatic hydroxyl groups excluding tert-OH is 4. The fourth-order valence-electron chi connectivity index (χ4n) is 2.32. The molecule has 128 valence electrons. The van der Waals surface area contributed by atoms with Crippen LogP contribution in [-0.4, -0.2) is 70.2 Å². The van der Waals surface area contributed by atoms with Gasteiger partial charge in [0.15, 0.2) is 6.29 Å². The van der Waals surface area contributed by atoms with E-state index in [2.05, 4.69) is 5.32 Å². The van der Waals surface area contributed by atoms with Gasteiger partial charge < -0.3 is 35.2 Å². The van der Waals surface area contributed by atoms with Crippen molar-refractivity contribution in [2.45, 2.75) is 37.3 Å². The van der Waals surface area contributed by atoms with E-state index in [1.807, 2.05) is 30.3 Å². The van der Waals surface area contributed by atoms with Crippen molar-refractivity contribution in [3.8, 4) is 0 Å². The molecule has 0 spiro atoms. The Kier molecular flexibility index (Phi) is 6.46. The maximum Gasteiger partial charge on any atom is 0.246 e. The Hall–Kier alpha value is -1.55. The second kappa shape index (κ2) is 8.34. The Morgan fingerprint density at radius 3 is 2.52 bits per heavy atom. The molecule has 2 rings (SSSR count).